The third kappa shape index (κ3) is 3.93. The molecule has 1 aliphatic heterocycles. The van der Waals surface area contributed by atoms with Gasteiger partial charge in [0.1, 0.15) is 11.6 Å². The summed E-state index contributed by atoms with van der Waals surface area (Å²) in [6.45, 7) is 9.75. The molecule has 144 valence electrons. The Kier molecular flexibility index (Phi) is 5.96. The van der Waals surface area contributed by atoms with E-state index >= 15 is 0 Å². The number of piperazine rings is 1. The minimum atomic E-state index is -0.0885. The molecule has 26 heavy (non-hydrogen) atoms. The first-order valence-electron chi connectivity index (χ1n) is 10.1. The van der Waals surface area contributed by atoms with Gasteiger partial charge in [-0.2, -0.15) is 0 Å². The second-order valence-electron chi connectivity index (χ2n) is 8.47. The maximum atomic E-state index is 12.9. The van der Waals surface area contributed by atoms with Gasteiger partial charge < -0.3 is 4.90 Å². The average Bonchev–Trinajstić information content (AvgIpc) is 3.22. The number of hydrogen-bond donors (Lipinski definition) is 0. The van der Waals surface area contributed by atoms with Gasteiger partial charge in [-0.25, -0.2) is 0 Å². The molecule has 0 aromatic rings. The lowest BCUT2D eigenvalue weighted by atomic mass is 9.74. The van der Waals surface area contributed by atoms with Crippen LogP contribution in [0.4, 0.5) is 0 Å². The number of carbonyl (C=O) groups excluding carboxylic acids is 3. The van der Waals surface area contributed by atoms with Crippen LogP contribution in [0.5, 0.6) is 0 Å². The van der Waals surface area contributed by atoms with Crippen molar-refractivity contribution in [1.82, 2.24) is 9.80 Å². The molecule has 0 aromatic carbocycles. The molecule has 1 saturated carbocycles. The van der Waals surface area contributed by atoms with E-state index in [0.717, 1.165) is 45.6 Å². The van der Waals surface area contributed by atoms with E-state index in [1.54, 1.807) is 6.92 Å². The van der Waals surface area contributed by atoms with Gasteiger partial charge in [0.2, 0.25) is 5.91 Å². The first-order chi connectivity index (χ1) is 12.4. The molecule has 2 aliphatic carbocycles. The predicted molar refractivity (Wildman–Crippen MR) is 100 cm³/mol. The fourth-order valence-corrected chi connectivity index (χ4v) is 4.96. The first kappa shape index (κ1) is 19.3. The molecule has 5 heteroatoms. The monoisotopic (exact) mass is 360 g/mol. The lowest BCUT2D eigenvalue weighted by Crippen LogP contribution is -2.48. The molecule has 4 atom stereocenters. The Morgan fingerprint density at radius 2 is 1.62 bits per heavy atom. The highest BCUT2D eigenvalue weighted by Crippen LogP contribution is 2.49. The van der Waals surface area contributed by atoms with E-state index in [-0.39, 0.29) is 47.1 Å². The number of amides is 1. The molecule has 0 radical (unpaired) electrons. The summed E-state index contributed by atoms with van der Waals surface area (Å²) in [5.41, 5.74) is 0. The summed E-state index contributed by atoms with van der Waals surface area (Å²) in [4.78, 5) is 41.1. The van der Waals surface area contributed by atoms with E-state index in [1.165, 1.54) is 0 Å². The first-order valence-corrected chi connectivity index (χ1v) is 10.1. The largest absolute Gasteiger partial charge is 0.340 e. The van der Waals surface area contributed by atoms with Crippen molar-refractivity contribution in [3.63, 3.8) is 0 Å². The molecule has 2 bridgehead atoms. The summed E-state index contributed by atoms with van der Waals surface area (Å²) in [5, 5.41) is 0. The van der Waals surface area contributed by atoms with Crippen LogP contribution in [0.3, 0.4) is 0 Å². The van der Waals surface area contributed by atoms with Gasteiger partial charge in [0.25, 0.3) is 0 Å². The normalized spacial score (nSPS) is 31.0. The van der Waals surface area contributed by atoms with E-state index in [4.69, 9.17) is 0 Å². The van der Waals surface area contributed by atoms with Gasteiger partial charge in [-0.05, 0) is 31.2 Å². The van der Waals surface area contributed by atoms with Crippen molar-refractivity contribution in [3.8, 4) is 0 Å². The van der Waals surface area contributed by atoms with Crippen LogP contribution >= 0.6 is 0 Å². The Morgan fingerprint density at radius 1 is 1.00 bits per heavy atom. The number of allylic oxidation sites excluding steroid dienone is 2. The Hall–Kier alpha value is -1.49. The van der Waals surface area contributed by atoms with Crippen LogP contribution in [0, 0.1) is 29.6 Å². The van der Waals surface area contributed by atoms with Crippen LogP contribution < -0.4 is 0 Å². The molecule has 4 unspecified atom stereocenters. The third-order valence-electron chi connectivity index (χ3n) is 6.44. The van der Waals surface area contributed by atoms with Gasteiger partial charge in [-0.3, -0.25) is 19.3 Å². The lowest BCUT2D eigenvalue weighted by molar-refractivity contribution is -0.134. The molecule has 3 aliphatic rings. The van der Waals surface area contributed by atoms with E-state index < -0.39 is 0 Å². The second kappa shape index (κ2) is 8.03. The van der Waals surface area contributed by atoms with Crippen molar-refractivity contribution in [2.45, 2.75) is 40.0 Å². The average molecular weight is 360 g/mol. The van der Waals surface area contributed by atoms with E-state index in [0.29, 0.717) is 6.42 Å². The van der Waals surface area contributed by atoms with E-state index in [9.17, 15) is 14.4 Å². The van der Waals surface area contributed by atoms with Gasteiger partial charge >= 0.3 is 0 Å². The van der Waals surface area contributed by atoms with Crippen molar-refractivity contribution in [1.29, 1.82) is 0 Å². The lowest BCUT2D eigenvalue weighted by Gasteiger charge is -2.34. The molecule has 1 heterocycles. The van der Waals surface area contributed by atoms with Crippen LogP contribution in [0.1, 0.15) is 40.0 Å². The van der Waals surface area contributed by atoms with Crippen molar-refractivity contribution >= 4 is 17.5 Å². The van der Waals surface area contributed by atoms with Gasteiger partial charge in [0.15, 0.2) is 0 Å². The van der Waals surface area contributed by atoms with Gasteiger partial charge in [0, 0.05) is 57.3 Å². The van der Waals surface area contributed by atoms with E-state index in [1.807, 2.05) is 18.7 Å². The molecule has 3 rings (SSSR count). The zero-order valence-corrected chi connectivity index (χ0v) is 16.3. The smallest absolute Gasteiger partial charge is 0.219 e. The SMILES string of the molecule is CC(=O)N1CCN(CCCC(=O)C2C3C=CC(C3)C2C(=O)C(C)C)CC1. The van der Waals surface area contributed by atoms with Gasteiger partial charge in [-0.15, -0.1) is 0 Å². The topological polar surface area (TPSA) is 57.7 Å². The quantitative estimate of drug-likeness (QED) is 0.653. The van der Waals surface area contributed by atoms with Crippen LogP contribution in [-0.4, -0.2) is 60.0 Å². The molecule has 0 aromatic heterocycles. The zero-order valence-electron chi connectivity index (χ0n) is 16.3. The van der Waals surface area contributed by atoms with Gasteiger partial charge in [-0.1, -0.05) is 26.0 Å². The summed E-state index contributed by atoms with van der Waals surface area (Å²) in [5.74, 6) is 1.07. The highest BCUT2D eigenvalue weighted by Gasteiger charge is 2.50. The summed E-state index contributed by atoms with van der Waals surface area (Å²) >= 11 is 0. The number of ketones is 2. The molecular weight excluding hydrogens is 328 g/mol. The highest BCUT2D eigenvalue weighted by atomic mass is 16.2. The summed E-state index contributed by atoms with van der Waals surface area (Å²) in [6, 6.07) is 0. The fourth-order valence-electron chi connectivity index (χ4n) is 4.96. The maximum Gasteiger partial charge on any atom is 0.219 e. The predicted octanol–water partition coefficient (Wildman–Crippen LogP) is 2.16. The summed E-state index contributed by atoms with van der Waals surface area (Å²) in [6.07, 6.45) is 6.72. The van der Waals surface area contributed by atoms with Crippen LogP contribution in [0.25, 0.3) is 0 Å². The fraction of sp³-hybridized carbons (Fsp3) is 0.762. The third-order valence-corrected chi connectivity index (χ3v) is 6.44. The van der Waals surface area contributed by atoms with Crippen LogP contribution in [-0.2, 0) is 14.4 Å². The number of Topliss-reactive ketones (excluding diaryl/α,β-unsaturated/α-hetero) is 2. The molecule has 2 fully saturated rings. The molecule has 1 saturated heterocycles. The van der Waals surface area contributed by atoms with Gasteiger partial charge in [0.05, 0.1) is 0 Å². The molecular formula is C21H32N2O3. The molecule has 0 N–H and O–H groups in total. The van der Waals surface area contributed by atoms with Crippen molar-refractivity contribution in [2.24, 2.45) is 29.6 Å². The summed E-state index contributed by atoms with van der Waals surface area (Å²) in [7, 11) is 0. The number of hydrogen-bond acceptors (Lipinski definition) is 4. The number of rotatable bonds is 7. The standard InChI is InChI=1S/C21H32N2O3/c1-14(2)21(26)20-17-7-6-16(13-17)19(20)18(25)5-4-8-22-9-11-23(12-10-22)15(3)24/h6-7,14,16-17,19-20H,4-5,8-13H2,1-3H3. The molecule has 0 spiro atoms. The molecule has 1 amide bonds. The number of nitrogens with zero attached hydrogens (tertiary/aromatic N) is 2. The number of carbonyl (C=O) groups is 3. The van der Waals surface area contributed by atoms with Crippen molar-refractivity contribution < 1.29 is 14.4 Å². The maximum absolute atomic E-state index is 12.9. The Balaban J connectivity index is 1.48. The Morgan fingerprint density at radius 3 is 2.19 bits per heavy atom. The Bertz CT molecular complexity index is 590. The van der Waals surface area contributed by atoms with Crippen LogP contribution in [0.15, 0.2) is 12.2 Å². The number of fused-ring (bicyclic) bond motifs is 2. The van der Waals surface area contributed by atoms with Crippen molar-refractivity contribution in [3.05, 3.63) is 12.2 Å². The highest BCUT2D eigenvalue weighted by molar-refractivity contribution is 5.92. The zero-order chi connectivity index (χ0) is 18.8. The molecule has 5 nitrogen and oxygen atoms in total. The Labute approximate surface area is 156 Å². The van der Waals surface area contributed by atoms with E-state index in [2.05, 4.69) is 17.1 Å². The second-order valence-corrected chi connectivity index (χ2v) is 8.47. The minimum absolute atomic E-state index is 0.000576. The minimum Gasteiger partial charge on any atom is -0.340 e. The van der Waals surface area contributed by atoms with Crippen LogP contribution in [0.2, 0.25) is 0 Å². The summed E-state index contributed by atoms with van der Waals surface area (Å²) < 4.78 is 0. The van der Waals surface area contributed by atoms with Crippen molar-refractivity contribution in [2.75, 3.05) is 32.7 Å².